The zero-order chi connectivity index (χ0) is 12.8. The van der Waals surface area contributed by atoms with Gasteiger partial charge in [-0.25, -0.2) is 0 Å². The molecule has 0 bridgehead atoms. The van der Waals surface area contributed by atoms with E-state index in [0.717, 1.165) is 12.0 Å². The Kier molecular flexibility index (Phi) is 5.25. The van der Waals surface area contributed by atoms with Crippen molar-refractivity contribution in [3.63, 3.8) is 0 Å². The molecule has 0 aromatic heterocycles. The van der Waals surface area contributed by atoms with Gasteiger partial charge in [-0.2, -0.15) is 0 Å². The maximum atomic E-state index is 11.1. The molecule has 0 saturated carbocycles. The summed E-state index contributed by atoms with van der Waals surface area (Å²) in [6.45, 7) is 3.64. The topological polar surface area (TPSA) is 47.6 Å². The van der Waals surface area contributed by atoms with Crippen LogP contribution in [0.1, 0.15) is 19.4 Å². The first-order valence-electron chi connectivity index (χ1n) is 5.32. The van der Waals surface area contributed by atoms with Gasteiger partial charge in [0, 0.05) is 14.0 Å². The Balaban J connectivity index is 3.10. The smallest absolute Gasteiger partial charge is 0.308 e. The van der Waals surface area contributed by atoms with Crippen LogP contribution in [-0.4, -0.2) is 19.8 Å². The Morgan fingerprint density at radius 1 is 1.47 bits per heavy atom. The molecule has 17 heavy (non-hydrogen) atoms. The van der Waals surface area contributed by atoms with Crippen molar-refractivity contribution in [3.05, 3.63) is 22.7 Å². The molecule has 0 spiro atoms. The fraction of sp³-hybridized carbons (Fsp3) is 0.417. The summed E-state index contributed by atoms with van der Waals surface area (Å²) in [5.74, 6) is -0.0452. The molecule has 4 nitrogen and oxygen atoms in total. The molecule has 1 aromatic carbocycles. The molecule has 0 unspecified atom stereocenters. The van der Waals surface area contributed by atoms with Crippen LogP contribution in [0.5, 0.6) is 5.75 Å². The van der Waals surface area contributed by atoms with E-state index in [1.807, 2.05) is 19.1 Å². The highest BCUT2D eigenvalue weighted by Crippen LogP contribution is 2.36. The van der Waals surface area contributed by atoms with Crippen LogP contribution >= 0.6 is 11.6 Å². The second kappa shape index (κ2) is 6.47. The summed E-state index contributed by atoms with van der Waals surface area (Å²) in [5.41, 5.74) is 1.58. The van der Waals surface area contributed by atoms with Crippen molar-refractivity contribution in [2.75, 3.05) is 19.2 Å². The molecule has 1 N–H and O–H groups in total. The van der Waals surface area contributed by atoms with Crippen molar-refractivity contribution >= 4 is 23.3 Å². The van der Waals surface area contributed by atoms with Gasteiger partial charge in [0.25, 0.3) is 0 Å². The van der Waals surface area contributed by atoms with Gasteiger partial charge in [-0.15, -0.1) is 0 Å². The van der Waals surface area contributed by atoms with Gasteiger partial charge in [-0.05, 0) is 18.1 Å². The summed E-state index contributed by atoms with van der Waals surface area (Å²) in [7, 11) is 1.57. The number of esters is 1. The lowest BCUT2D eigenvalue weighted by Gasteiger charge is -2.14. The van der Waals surface area contributed by atoms with Crippen LogP contribution < -0.4 is 10.1 Å². The summed E-state index contributed by atoms with van der Waals surface area (Å²) in [6.07, 6.45) is 0.775. The van der Waals surface area contributed by atoms with Gasteiger partial charge < -0.3 is 14.8 Å². The molecule has 0 fully saturated rings. The Hall–Kier alpha value is -1.26. The monoisotopic (exact) mass is 257 g/mol. The Morgan fingerprint density at radius 2 is 2.18 bits per heavy atom. The fourth-order valence-corrected chi connectivity index (χ4v) is 1.74. The molecule has 0 aliphatic carbocycles. The van der Waals surface area contributed by atoms with E-state index in [-0.39, 0.29) is 0 Å². The zero-order valence-corrected chi connectivity index (χ0v) is 10.9. The maximum absolute atomic E-state index is 11.1. The van der Waals surface area contributed by atoms with Gasteiger partial charge in [0.2, 0.25) is 0 Å². The molecule has 5 heteroatoms. The number of rotatable bonds is 5. The van der Waals surface area contributed by atoms with Crippen molar-refractivity contribution in [2.45, 2.75) is 20.3 Å². The van der Waals surface area contributed by atoms with E-state index in [2.05, 4.69) is 5.32 Å². The number of methoxy groups -OCH3 is 1. The van der Waals surface area contributed by atoms with Crippen molar-refractivity contribution in [1.82, 2.24) is 0 Å². The summed E-state index contributed by atoms with van der Waals surface area (Å²) < 4.78 is 10.0. The molecule has 1 aromatic rings. The van der Waals surface area contributed by atoms with Gasteiger partial charge in [-0.3, -0.25) is 4.79 Å². The van der Waals surface area contributed by atoms with Crippen molar-refractivity contribution in [1.29, 1.82) is 0 Å². The first-order valence-corrected chi connectivity index (χ1v) is 5.70. The molecule has 0 atom stereocenters. The number of carbonyl (C=O) groups is 1. The standard InChI is InChI=1S/C12H16ClNO3/c1-4-9-5-6-10(14-7-16-3)12(11(9)13)17-8(2)15/h5-6,14H,4,7H2,1-3H3. The number of hydrogen-bond acceptors (Lipinski definition) is 4. The highest BCUT2D eigenvalue weighted by molar-refractivity contribution is 6.33. The van der Waals surface area contributed by atoms with E-state index < -0.39 is 5.97 Å². The minimum Gasteiger partial charge on any atom is -0.423 e. The van der Waals surface area contributed by atoms with Gasteiger partial charge in [0.05, 0.1) is 10.7 Å². The number of nitrogens with one attached hydrogen (secondary N) is 1. The van der Waals surface area contributed by atoms with Crippen LogP contribution in [0.4, 0.5) is 5.69 Å². The van der Waals surface area contributed by atoms with E-state index in [0.29, 0.717) is 23.2 Å². The van der Waals surface area contributed by atoms with Crippen molar-refractivity contribution in [2.24, 2.45) is 0 Å². The third kappa shape index (κ3) is 3.61. The predicted octanol–water partition coefficient (Wildman–Crippen LogP) is 2.84. The SMILES string of the molecule is CCc1ccc(NCOC)c(OC(C)=O)c1Cl. The number of carbonyl (C=O) groups excluding carboxylic acids is 1. The van der Waals surface area contributed by atoms with Crippen LogP contribution in [0.15, 0.2) is 12.1 Å². The van der Waals surface area contributed by atoms with E-state index in [1.165, 1.54) is 6.92 Å². The summed E-state index contributed by atoms with van der Waals surface area (Å²) >= 11 is 6.18. The van der Waals surface area contributed by atoms with Crippen molar-refractivity contribution < 1.29 is 14.3 Å². The van der Waals surface area contributed by atoms with Gasteiger partial charge in [0.15, 0.2) is 5.75 Å². The average molecular weight is 258 g/mol. The largest absolute Gasteiger partial charge is 0.423 e. The molecular weight excluding hydrogens is 242 g/mol. The second-order valence-electron chi connectivity index (χ2n) is 3.47. The lowest BCUT2D eigenvalue weighted by atomic mass is 10.1. The van der Waals surface area contributed by atoms with E-state index in [4.69, 9.17) is 21.1 Å². The van der Waals surface area contributed by atoms with Crippen molar-refractivity contribution in [3.8, 4) is 5.75 Å². The molecule has 0 heterocycles. The molecule has 0 aliphatic heterocycles. The molecule has 0 amide bonds. The first kappa shape index (κ1) is 13.8. The lowest BCUT2D eigenvalue weighted by Crippen LogP contribution is -2.09. The normalized spacial score (nSPS) is 10.1. The maximum Gasteiger partial charge on any atom is 0.308 e. The van der Waals surface area contributed by atoms with Crippen LogP contribution in [0, 0.1) is 0 Å². The molecule has 0 aliphatic rings. The number of halogens is 1. The summed E-state index contributed by atoms with van der Waals surface area (Å²) in [6, 6.07) is 3.72. The predicted molar refractivity (Wildman–Crippen MR) is 67.6 cm³/mol. The fourth-order valence-electron chi connectivity index (χ4n) is 1.40. The van der Waals surface area contributed by atoms with Gasteiger partial charge in [-0.1, -0.05) is 24.6 Å². The minimum atomic E-state index is -0.402. The highest BCUT2D eigenvalue weighted by atomic mass is 35.5. The molecule has 0 saturated heterocycles. The lowest BCUT2D eigenvalue weighted by molar-refractivity contribution is -0.131. The van der Waals surface area contributed by atoms with Crippen LogP contribution in [-0.2, 0) is 16.0 Å². The Morgan fingerprint density at radius 3 is 2.71 bits per heavy atom. The first-order chi connectivity index (χ1) is 8.10. The summed E-state index contributed by atoms with van der Waals surface area (Å²) in [4.78, 5) is 11.1. The second-order valence-corrected chi connectivity index (χ2v) is 3.85. The summed E-state index contributed by atoms with van der Waals surface area (Å²) in [5, 5.41) is 3.44. The third-order valence-corrected chi connectivity index (χ3v) is 2.63. The zero-order valence-electron chi connectivity index (χ0n) is 10.2. The average Bonchev–Trinajstić information content (AvgIpc) is 2.29. The van der Waals surface area contributed by atoms with Crippen LogP contribution in [0.3, 0.4) is 0 Å². The minimum absolute atomic E-state index is 0.316. The quantitative estimate of drug-likeness (QED) is 0.501. The third-order valence-electron chi connectivity index (χ3n) is 2.21. The number of benzene rings is 1. The Bertz CT molecular complexity index is 407. The Labute approximate surface area is 106 Å². The number of anilines is 1. The van der Waals surface area contributed by atoms with Crippen LogP contribution in [0.25, 0.3) is 0 Å². The van der Waals surface area contributed by atoms with E-state index in [9.17, 15) is 4.79 Å². The molecule has 94 valence electrons. The van der Waals surface area contributed by atoms with E-state index in [1.54, 1.807) is 7.11 Å². The van der Waals surface area contributed by atoms with Crippen LogP contribution in [0.2, 0.25) is 5.02 Å². The van der Waals surface area contributed by atoms with E-state index >= 15 is 0 Å². The molecule has 1 rings (SSSR count). The number of hydrogen-bond donors (Lipinski definition) is 1. The number of ether oxygens (including phenoxy) is 2. The number of aryl methyl sites for hydroxylation is 1. The van der Waals surface area contributed by atoms with Gasteiger partial charge in [0.1, 0.15) is 6.73 Å². The molecular formula is C12H16ClNO3. The highest BCUT2D eigenvalue weighted by Gasteiger charge is 2.14. The molecule has 0 radical (unpaired) electrons. The van der Waals surface area contributed by atoms with Gasteiger partial charge >= 0.3 is 5.97 Å².